The molecule has 1 spiro atoms. The molecule has 0 aliphatic carbocycles. The Morgan fingerprint density at radius 3 is 2.40 bits per heavy atom. The fourth-order valence-electron chi connectivity index (χ4n) is 7.05. The maximum atomic E-state index is 14.4. The number of thioether (sulfide) groups is 1. The van der Waals surface area contributed by atoms with E-state index in [-0.39, 0.29) is 29.6 Å². The van der Waals surface area contributed by atoms with Crippen molar-refractivity contribution in [2.75, 3.05) is 44.3 Å². The Kier molecular flexibility index (Phi) is 9.99. The number of aliphatic hydroxyl groups excluding tert-OH is 1. The zero-order chi connectivity index (χ0) is 29.7. The summed E-state index contributed by atoms with van der Waals surface area (Å²) in [6.07, 6.45) is 14.6. The topological polar surface area (TPSA) is 90.4 Å². The maximum absolute atomic E-state index is 14.4. The predicted octanol–water partition coefficient (Wildman–Crippen LogP) is 4.43. The summed E-state index contributed by atoms with van der Waals surface area (Å²) >= 11 is 1.64. The van der Waals surface area contributed by atoms with Crippen LogP contribution in [0, 0.1) is 11.8 Å². The SMILES string of the molecule is CCCCCN1CC=C[C@]23S[C@H]4C=CCN(c5ccc(OCC)cc5)C(=O)[C@H]4[C@H]2C(=O)N(CCCCCCO)C3C1=O. The second-order valence-electron chi connectivity index (χ2n) is 11.7. The molecule has 2 fully saturated rings. The average molecular weight is 596 g/mol. The van der Waals surface area contributed by atoms with E-state index in [4.69, 9.17) is 4.74 Å². The van der Waals surface area contributed by atoms with Crippen LogP contribution >= 0.6 is 11.8 Å². The van der Waals surface area contributed by atoms with Crippen LogP contribution in [0.15, 0.2) is 48.6 Å². The molecule has 1 N–H and O–H groups in total. The van der Waals surface area contributed by atoms with Gasteiger partial charge >= 0.3 is 0 Å². The number of aliphatic hydroxyl groups is 1. The number of benzene rings is 1. The molecule has 0 bridgehead atoms. The van der Waals surface area contributed by atoms with Gasteiger partial charge in [0.15, 0.2) is 0 Å². The first-order chi connectivity index (χ1) is 20.5. The first-order valence-electron chi connectivity index (χ1n) is 15.7. The largest absolute Gasteiger partial charge is 0.494 e. The van der Waals surface area contributed by atoms with Gasteiger partial charge < -0.3 is 24.5 Å². The third-order valence-electron chi connectivity index (χ3n) is 9.04. The van der Waals surface area contributed by atoms with E-state index in [2.05, 4.69) is 25.2 Å². The highest BCUT2D eigenvalue weighted by Crippen LogP contribution is 2.61. The first kappa shape index (κ1) is 30.7. The molecule has 1 unspecified atom stereocenters. The minimum atomic E-state index is -0.782. The second kappa shape index (κ2) is 13.7. The van der Waals surface area contributed by atoms with Gasteiger partial charge in [-0.3, -0.25) is 14.4 Å². The number of likely N-dealkylation sites (tertiary alicyclic amines) is 1. The number of hydrogen-bond donors (Lipinski definition) is 1. The molecule has 1 aromatic carbocycles. The molecular weight excluding hydrogens is 550 g/mol. The molecule has 3 amide bonds. The summed E-state index contributed by atoms with van der Waals surface area (Å²) in [7, 11) is 0. The van der Waals surface area contributed by atoms with Crippen LogP contribution in [0.1, 0.15) is 58.8 Å². The van der Waals surface area contributed by atoms with E-state index >= 15 is 0 Å². The highest BCUT2D eigenvalue weighted by atomic mass is 32.2. The van der Waals surface area contributed by atoms with Gasteiger partial charge in [0.2, 0.25) is 17.7 Å². The molecule has 228 valence electrons. The van der Waals surface area contributed by atoms with Crippen molar-refractivity contribution in [3.63, 3.8) is 0 Å². The smallest absolute Gasteiger partial charge is 0.247 e. The number of anilines is 1. The lowest BCUT2D eigenvalue weighted by atomic mass is 9.78. The van der Waals surface area contributed by atoms with Gasteiger partial charge in [-0.15, -0.1) is 11.8 Å². The van der Waals surface area contributed by atoms with Crippen LogP contribution in [-0.4, -0.2) is 88.1 Å². The van der Waals surface area contributed by atoms with Crippen LogP contribution in [0.4, 0.5) is 5.69 Å². The number of fused-ring (bicyclic) bond motifs is 2. The molecule has 8 nitrogen and oxygen atoms in total. The fraction of sp³-hybridized carbons (Fsp3) is 0.606. The third kappa shape index (κ3) is 5.74. The molecule has 5 rings (SSSR count). The summed E-state index contributed by atoms with van der Waals surface area (Å²) in [4.78, 5) is 48.6. The van der Waals surface area contributed by atoms with Gasteiger partial charge in [0.05, 0.1) is 23.2 Å². The summed E-state index contributed by atoms with van der Waals surface area (Å²) in [6.45, 7) is 6.95. The molecule has 1 aromatic rings. The molecule has 0 radical (unpaired) electrons. The molecule has 5 atom stereocenters. The van der Waals surface area contributed by atoms with Crippen molar-refractivity contribution in [1.29, 1.82) is 0 Å². The van der Waals surface area contributed by atoms with Gasteiger partial charge in [-0.1, -0.05) is 56.9 Å². The average Bonchev–Trinajstić information content (AvgIpc) is 3.30. The molecule has 0 aromatic heterocycles. The highest BCUT2D eigenvalue weighted by molar-refractivity contribution is 8.02. The zero-order valence-corrected chi connectivity index (χ0v) is 25.8. The van der Waals surface area contributed by atoms with Gasteiger partial charge in [-0.05, 0) is 50.5 Å². The maximum Gasteiger partial charge on any atom is 0.247 e. The Balaban J connectivity index is 1.47. The molecule has 2 saturated heterocycles. The van der Waals surface area contributed by atoms with Crippen molar-refractivity contribution in [3.8, 4) is 5.75 Å². The molecule has 0 saturated carbocycles. The van der Waals surface area contributed by atoms with Gasteiger partial charge in [0.25, 0.3) is 0 Å². The number of unbranched alkanes of at least 4 members (excludes halogenated alkanes) is 5. The van der Waals surface area contributed by atoms with Crippen LogP contribution in [0.3, 0.4) is 0 Å². The lowest BCUT2D eigenvalue weighted by Gasteiger charge is -2.35. The minimum absolute atomic E-state index is 0.00562. The predicted molar refractivity (Wildman–Crippen MR) is 166 cm³/mol. The van der Waals surface area contributed by atoms with Crippen molar-refractivity contribution < 1.29 is 24.2 Å². The van der Waals surface area contributed by atoms with Crippen molar-refractivity contribution >= 4 is 35.2 Å². The number of ether oxygens (including phenoxy) is 1. The lowest BCUT2D eigenvalue weighted by molar-refractivity contribution is -0.142. The van der Waals surface area contributed by atoms with Gasteiger partial charge in [-0.25, -0.2) is 0 Å². The van der Waals surface area contributed by atoms with Gasteiger partial charge in [-0.2, -0.15) is 0 Å². The summed E-state index contributed by atoms with van der Waals surface area (Å²) in [6, 6.07) is 6.92. The Hall–Kier alpha value is -2.78. The van der Waals surface area contributed by atoms with Crippen molar-refractivity contribution in [1.82, 2.24) is 9.80 Å². The van der Waals surface area contributed by atoms with E-state index < -0.39 is 22.6 Å². The van der Waals surface area contributed by atoms with E-state index in [1.165, 1.54) is 0 Å². The number of rotatable bonds is 13. The standard InChI is InChI=1S/C33H45N3O5S/c1-3-5-8-19-34-20-12-18-33-28(31(39)36(29(33)32(34)40)21-9-6-7-10-23-37)27-26(42-33)13-11-22-35(30(27)38)24-14-16-25(17-15-24)41-4-2/h11-18,26-29,37H,3-10,19-23H2,1-2H3/t26-,27+,28-,29?,33-/m0/s1. The van der Waals surface area contributed by atoms with Crippen LogP contribution < -0.4 is 9.64 Å². The van der Waals surface area contributed by atoms with E-state index in [9.17, 15) is 19.5 Å². The summed E-state index contributed by atoms with van der Waals surface area (Å²) < 4.78 is 4.82. The minimum Gasteiger partial charge on any atom is -0.494 e. The first-order valence-corrected chi connectivity index (χ1v) is 16.6. The molecule has 4 aliphatic heterocycles. The number of amides is 3. The van der Waals surface area contributed by atoms with E-state index in [1.54, 1.807) is 21.6 Å². The summed E-state index contributed by atoms with van der Waals surface area (Å²) in [5.74, 6) is -0.548. The zero-order valence-electron chi connectivity index (χ0n) is 25.0. The third-order valence-corrected chi connectivity index (χ3v) is 10.8. The molecule has 4 aliphatic rings. The Bertz CT molecular complexity index is 1190. The monoisotopic (exact) mass is 595 g/mol. The molecule has 42 heavy (non-hydrogen) atoms. The van der Waals surface area contributed by atoms with Crippen LogP contribution in [0.25, 0.3) is 0 Å². The Labute approximate surface area is 254 Å². The number of nitrogens with zero attached hydrogens (tertiary/aromatic N) is 3. The van der Waals surface area contributed by atoms with Crippen LogP contribution in [0.2, 0.25) is 0 Å². The number of hydrogen-bond acceptors (Lipinski definition) is 6. The fourth-order valence-corrected chi connectivity index (χ4v) is 9.05. The van der Waals surface area contributed by atoms with Crippen LogP contribution in [-0.2, 0) is 14.4 Å². The van der Waals surface area contributed by atoms with E-state index in [1.807, 2.05) is 42.2 Å². The second-order valence-corrected chi connectivity index (χ2v) is 13.2. The normalized spacial score (nSPS) is 28.5. The molecule has 9 heteroatoms. The van der Waals surface area contributed by atoms with Gasteiger partial charge in [0.1, 0.15) is 11.8 Å². The van der Waals surface area contributed by atoms with E-state index in [0.717, 1.165) is 56.4 Å². The highest BCUT2D eigenvalue weighted by Gasteiger charge is 2.70. The van der Waals surface area contributed by atoms with Crippen molar-refractivity contribution in [2.45, 2.75) is 74.8 Å². The molecular formula is C33H45N3O5S. The van der Waals surface area contributed by atoms with Gasteiger partial charge in [0, 0.05) is 43.7 Å². The van der Waals surface area contributed by atoms with Crippen molar-refractivity contribution in [2.24, 2.45) is 11.8 Å². The quantitative estimate of drug-likeness (QED) is 0.268. The number of carbonyl (C=O) groups is 3. The molecule has 4 heterocycles. The summed E-state index contributed by atoms with van der Waals surface area (Å²) in [5.41, 5.74) is 0.775. The summed E-state index contributed by atoms with van der Waals surface area (Å²) in [5, 5.41) is 9.01. The van der Waals surface area contributed by atoms with E-state index in [0.29, 0.717) is 32.8 Å². The van der Waals surface area contributed by atoms with Crippen molar-refractivity contribution in [3.05, 3.63) is 48.6 Å². The Morgan fingerprint density at radius 1 is 0.905 bits per heavy atom. The Morgan fingerprint density at radius 2 is 1.67 bits per heavy atom. The van der Waals surface area contributed by atoms with Crippen LogP contribution in [0.5, 0.6) is 5.75 Å². The lowest BCUT2D eigenvalue weighted by Crippen LogP contribution is -2.53. The number of carbonyl (C=O) groups excluding carboxylic acids is 3.